The number of methoxy groups -OCH3 is 2. The lowest BCUT2D eigenvalue weighted by Gasteiger charge is -2.21. The first kappa shape index (κ1) is 14.6. The molecule has 4 N–H and O–H groups in total. The molecule has 0 aliphatic carbocycles. The van der Waals surface area contributed by atoms with Gasteiger partial charge in [0.05, 0.1) is 0 Å². The minimum Gasteiger partial charge on any atom is -0.346 e. The minimum atomic E-state index is -2.24. The Labute approximate surface area is 85.3 Å². The summed E-state index contributed by atoms with van der Waals surface area (Å²) in [5.74, 6) is 0. The van der Waals surface area contributed by atoms with E-state index in [4.69, 9.17) is 20.4 Å². The number of rotatable bonds is 8. The van der Waals surface area contributed by atoms with Crippen molar-refractivity contribution in [3.05, 3.63) is 0 Å². The van der Waals surface area contributed by atoms with Crippen LogP contribution in [0.15, 0.2) is 0 Å². The van der Waals surface area contributed by atoms with Crippen molar-refractivity contribution < 1.29 is 44.1 Å². The van der Waals surface area contributed by atoms with E-state index in [2.05, 4.69) is 23.7 Å². The zero-order chi connectivity index (χ0) is 11.8. The van der Waals surface area contributed by atoms with Crippen LogP contribution < -0.4 is 0 Å². The Morgan fingerprint density at radius 1 is 0.733 bits per heavy atom. The maximum Gasteiger partial charge on any atom is 0.277 e. The molecule has 2 unspecified atom stereocenters. The average Bonchev–Trinajstić information content (AvgIpc) is 2.12. The van der Waals surface area contributed by atoms with Crippen molar-refractivity contribution >= 4 is 0 Å². The van der Waals surface area contributed by atoms with Crippen molar-refractivity contribution in [2.24, 2.45) is 0 Å². The third-order valence-corrected chi connectivity index (χ3v) is 1.08. The van der Waals surface area contributed by atoms with Crippen LogP contribution in [0.25, 0.3) is 0 Å². The molecule has 0 rings (SSSR count). The number of ether oxygens (including phenoxy) is 5. The van der Waals surface area contributed by atoms with Crippen molar-refractivity contribution in [1.29, 1.82) is 0 Å². The first-order valence-corrected chi connectivity index (χ1v) is 3.73. The van der Waals surface area contributed by atoms with Crippen molar-refractivity contribution in [2.75, 3.05) is 14.2 Å². The molecule has 0 amide bonds. The lowest BCUT2D eigenvalue weighted by molar-refractivity contribution is -0.451. The highest BCUT2D eigenvalue weighted by atomic mass is 17.0. The maximum absolute atomic E-state index is 8.96. The molecule has 2 atom stereocenters. The quantitative estimate of drug-likeness (QED) is 0.333. The van der Waals surface area contributed by atoms with E-state index < -0.39 is 25.9 Å². The molecule has 0 saturated carbocycles. The fraction of sp³-hybridized carbons (Fsp3) is 1.00. The summed E-state index contributed by atoms with van der Waals surface area (Å²) in [5.41, 5.74) is 0. The van der Waals surface area contributed by atoms with Gasteiger partial charge in [-0.25, -0.2) is 0 Å². The minimum absolute atomic E-state index is 1.20. The Kier molecular flexibility index (Phi) is 7.68. The molecule has 9 heteroatoms. The van der Waals surface area contributed by atoms with Crippen LogP contribution in [0.4, 0.5) is 0 Å². The molecule has 0 aromatic carbocycles. The van der Waals surface area contributed by atoms with Gasteiger partial charge in [0.25, 0.3) is 25.9 Å². The van der Waals surface area contributed by atoms with Crippen molar-refractivity contribution in [1.82, 2.24) is 0 Å². The van der Waals surface area contributed by atoms with Crippen LogP contribution in [0, 0.1) is 0 Å². The summed E-state index contributed by atoms with van der Waals surface area (Å²) in [4.78, 5) is 0. The molecule has 0 saturated heterocycles. The van der Waals surface area contributed by atoms with E-state index in [1.165, 1.54) is 14.2 Å². The standard InChI is InChI=1S/C6H14O9/c1-11-6(12-2)15-5(10)14-4(9)13-3(7)8/h3-10H,1-2H3. The summed E-state index contributed by atoms with van der Waals surface area (Å²) in [5, 5.41) is 34.2. The monoisotopic (exact) mass is 230 g/mol. The van der Waals surface area contributed by atoms with Crippen LogP contribution in [-0.2, 0) is 23.7 Å². The van der Waals surface area contributed by atoms with E-state index in [1.807, 2.05) is 0 Å². The Bertz CT molecular complexity index is 148. The first-order valence-electron chi connectivity index (χ1n) is 3.73. The van der Waals surface area contributed by atoms with Gasteiger partial charge in [0.2, 0.25) is 0 Å². The van der Waals surface area contributed by atoms with Crippen LogP contribution in [0.3, 0.4) is 0 Å². The molecule has 0 radical (unpaired) electrons. The second-order valence-corrected chi connectivity index (χ2v) is 2.11. The molecular weight excluding hydrogens is 216 g/mol. The number of hydrogen-bond acceptors (Lipinski definition) is 9. The third kappa shape index (κ3) is 7.56. The molecule has 0 fully saturated rings. The molecule has 0 bridgehead atoms. The maximum atomic E-state index is 8.96. The van der Waals surface area contributed by atoms with Gasteiger partial charge >= 0.3 is 0 Å². The fourth-order valence-electron chi connectivity index (χ4n) is 0.570. The lowest BCUT2D eigenvalue weighted by Crippen LogP contribution is -2.33. The second-order valence-electron chi connectivity index (χ2n) is 2.11. The van der Waals surface area contributed by atoms with E-state index in [9.17, 15) is 0 Å². The molecule has 0 spiro atoms. The molecule has 0 heterocycles. The Balaban J connectivity index is 3.76. The second kappa shape index (κ2) is 7.87. The van der Waals surface area contributed by atoms with Gasteiger partial charge in [-0.05, 0) is 0 Å². The summed E-state index contributed by atoms with van der Waals surface area (Å²) in [6.45, 7) is -7.45. The SMILES string of the molecule is COC(OC)OC(O)OC(O)OC(O)O. The van der Waals surface area contributed by atoms with Gasteiger partial charge in [0, 0.05) is 14.2 Å². The fourth-order valence-corrected chi connectivity index (χ4v) is 0.570. The molecule has 0 aromatic rings. The van der Waals surface area contributed by atoms with E-state index >= 15 is 0 Å². The molecule has 15 heavy (non-hydrogen) atoms. The van der Waals surface area contributed by atoms with E-state index in [0.717, 1.165) is 0 Å². The Morgan fingerprint density at radius 3 is 1.60 bits per heavy atom. The Hall–Kier alpha value is -0.360. The highest BCUT2D eigenvalue weighted by Gasteiger charge is 2.19. The predicted molar refractivity (Wildman–Crippen MR) is 41.3 cm³/mol. The van der Waals surface area contributed by atoms with Gasteiger partial charge in [0.1, 0.15) is 0 Å². The van der Waals surface area contributed by atoms with E-state index in [0.29, 0.717) is 0 Å². The molecule has 0 aromatic heterocycles. The summed E-state index contributed by atoms with van der Waals surface area (Å²) in [6, 6.07) is 0. The normalized spacial score (nSPS) is 16.0. The highest BCUT2D eigenvalue weighted by molar-refractivity contribution is 4.23. The third-order valence-electron chi connectivity index (χ3n) is 1.08. The highest BCUT2D eigenvalue weighted by Crippen LogP contribution is 2.03. The summed E-state index contributed by atoms with van der Waals surface area (Å²) < 4.78 is 21.6. The molecule has 0 aliphatic heterocycles. The van der Waals surface area contributed by atoms with Gasteiger partial charge in [-0.1, -0.05) is 0 Å². The molecule has 0 aliphatic rings. The Morgan fingerprint density at radius 2 is 1.20 bits per heavy atom. The van der Waals surface area contributed by atoms with Gasteiger partial charge in [-0.3, -0.25) is 14.2 Å². The van der Waals surface area contributed by atoms with Crippen LogP contribution in [-0.4, -0.2) is 60.6 Å². The van der Waals surface area contributed by atoms with Gasteiger partial charge in [-0.15, -0.1) is 0 Å². The molecule has 9 nitrogen and oxygen atoms in total. The average molecular weight is 230 g/mol. The van der Waals surface area contributed by atoms with Gasteiger partial charge in [-0.2, -0.15) is 0 Å². The van der Waals surface area contributed by atoms with Crippen molar-refractivity contribution in [3.63, 3.8) is 0 Å². The van der Waals surface area contributed by atoms with E-state index in [1.54, 1.807) is 0 Å². The van der Waals surface area contributed by atoms with Crippen LogP contribution in [0.2, 0.25) is 0 Å². The predicted octanol–water partition coefficient (Wildman–Crippen LogP) is -2.57. The van der Waals surface area contributed by atoms with Gasteiger partial charge < -0.3 is 29.9 Å². The summed E-state index contributed by atoms with van der Waals surface area (Å²) >= 11 is 0. The zero-order valence-corrected chi connectivity index (χ0v) is 8.14. The van der Waals surface area contributed by atoms with Crippen LogP contribution >= 0.6 is 0 Å². The summed E-state index contributed by atoms with van der Waals surface area (Å²) in [7, 11) is 2.48. The van der Waals surface area contributed by atoms with E-state index in [-0.39, 0.29) is 0 Å². The lowest BCUT2D eigenvalue weighted by atomic mass is 11.1. The molecule has 92 valence electrons. The first-order chi connectivity index (χ1) is 6.99. The number of hydrogen-bond donors (Lipinski definition) is 4. The van der Waals surface area contributed by atoms with Crippen LogP contribution in [0.5, 0.6) is 0 Å². The zero-order valence-electron chi connectivity index (χ0n) is 8.14. The summed E-state index contributed by atoms with van der Waals surface area (Å²) in [6.07, 6.45) is 0. The van der Waals surface area contributed by atoms with Gasteiger partial charge in [0.15, 0.2) is 0 Å². The van der Waals surface area contributed by atoms with Crippen LogP contribution in [0.1, 0.15) is 0 Å². The van der Waals surface area contributed by atoms with Crippen molar-refractivity contribution in [3.8, 4) is 0 Å². The number of aliphatic hydroxyl groups excluding tert-OH is 3. The van der Waals surface area contributed by atoms with Crippen molar-refractivity contribution in [2.45, 2.75) is 25.9 Å². The number of aliphatic hydroxyl groups is 4. The smallest absolute Gasteiger partial charge is 0.277 e. The molecular formula is C6H14O9. The largest absolute Gasteiger partial charge is 0.346 e. The topological polar surface area (TPSA) is 127 Å².